The molecule has 0 aliphatic heterocycles. The van der Waals surface area contributed by atoms with Gasteiger partial charge in [-0.15, -0.1) is 5.10 Å². The zero-order valence-corrected chi connectivity index (χ0v) is 44.9. The second kappa shape index (κ2) is 26.0. The molecule has 0 unspecified atom stereocenters. The summed E-state index contributed by atoms with van der Waals surface area (Å²) in [4.78, 5) is 51.3. The number of nitrogens with two attached hydrogens (primary N) is 3. The van der Waals surface area contributed by atoms with Gasteiger partial charge in [0.25, 0.3) is 0 Å². The maximum atomic E-state index is 5.77. The van der Waals surface area contributed by atoms with Crippen LogP contribution >= 0.6 is 63.7 Å². The van der Waals surface area contributed by atoms with Gasteiger partial charge in [0.05, 0.1) is 41.7 Å². The first kappa shape index (κ1) is 52.9. The van der Waals surface area contributed by atoms with E-state index in [-0.39, 0.29) is 0 Å². The minimum absolute atomic E-state index is 0.373. The number of nitrogen functional groups attached to an aromatic ring is 2. The molecule has 7 aromatic heterocycles. The Hall–Kier alpha value is -6.44. The van der Waals surface area contributed by atoms with Crippen LogP contribution in [-0.4, -0.2) is 98.8 Å². The predicted molar refractivity (Wildman–Crippen MR) is 288 cm³/mol. The van der Waals surface area contributed by atoms with E-state index in [1.165, 1.54) is 6.33 Å². The van der Waals surface area contributed by atoms with E-state index in [1.807, 2.05) is 54.6 Å². The van der Waals surface area contributed by atoms with Crippen molar-refractivity contribution < 1.29 is 0 Å². The Morgan fingerprint density at radius 3 is 1.60 bits per heavy atom. The number of aromatic nitrogens is 15. The average Bonchev–Trinajstić information content (AvgIpc) is 3.76. The molecule has 0 amide bonds. The van der Waals surface area contributed by atoms with Crippen LogP contribution in [0.4, 0.5) is 17.5 Å². The molecule has 0 saturated heterocycles. The van der Waals surface area contributed by atoms with Gasteiger partial charge in [-0.05, 0) is 152 Å². The van der Waals surface area contributed by atoms with Crippen LogP contribution in [0.2, 0.25) is 0 Å². The van der Waals surface area contributed by atoms with Crippen molar-refractivity contribution in [1.29, 1.82) is 0 Å². The van der Waals surface area contributed by atoms with Gasteiger partial charge in [-0.25, -0.2) is 64.5 Å². The fraction of sp³-hybridized carbons (Fsp3) is 0.217. The Morgan fingerprint density at radius 2 is 1.07 bits per heavy atom. The Balaban J connectivity index is 0.000000152. The van der Waals surface area contributed by atoms with E-state index in [2.05, 4.69) is 179 Å². The van der Waals surface area contributed by atoms with E-state index < -0.39 is 0 Å². The van der Waals surface area contributed by atoms with E-state index in [4.69, 9.17) is 17.2 Å². The highest BCUT2D eigenvalue weighted by molar-refractivity contribution is 9.11. The second-order valence-corrected chi connectivity index (χ2v) is 18.7. The first-order chi connectivity index (χ1) is 33.7. The Morgan fingerprint density at radius 1 is 0.586 bits per heavy atom. The van der Waals surface area contributed by atoms with Crippen LogP contribution in [-0.2, 0) is 19.6 Å². The number of halogens is 4. The Bertz CT molecular complexity index is 3280. The number of hydrogen-bond donors (Lipinski definition) is 4. The van der Waals surface area contributed by atoms with Crippen molar-refractivity contribution in [2.75, 3.05) is 23.8 Å². The molecular formula is C46H48Br4N20. The van der Waals surface area contributed by atoms with Gasteiger partial charge in [-0.1, -0.05) is 23.4 Å². The van der Waals surface area contributed by atoms with Crippen LogP contribution < -0.4 is 22.5 Å². The lowest BCUT2D eigenvalue weighted by Crippen LogP contribution is -2.32. The third kappa shape index (κ3) is 15.5. The van der Waals surface area contributed by atoms with Crippen LogP contribution in [0.1, 0.15) is 44.4 Å². The maximum absolute atomic E-state index is 5.77. The summed E-state index contributed by atoms with van der Waals surface area (Å²) in [6.45, 7) is 10.6. The number of nitrogens with zero attached hydrogens (tertiary/aromatic N) is 16. The van der Waals surface area contributed by atoms with Gasteiger partial charge in [0.15, 0.2) is 23.1 Å². The normalized spacial score (nSPS) is 10.8. The smallest absolute Gasteiger partial charge is 0.221 e. The molecule has 70 heavy (non-hydrogen) atoms. The Kier molecular flexibility index (Phi) is 19.6. The van der Waals surface area contributed by atoms with Crippen LogP contribution in [0.25, 0.3) is 44.0 Å². The monoisotopic (exact) mass is 1200 g/mol. The van der Waals surface area contributed by atoms with E-state index >= 15 is 0 Å². The molecule has 0 bridgehead atoms. The van der Waals surface area contributed by atoms with Gasteiger partial charge >= 0.3 is 0 Å². The van der Waals surface area contributed by atoms with Crippen molar-refractivity contribution in [1.82, 2.24) is 79.7 Å². The van der Waals surface area contributed by atoms with E-state index in [1.54, 1.807) is 54.5 Å². The van der Waals surface area contributed by atoms with E-state index in [0.717, 1.165) is 49.4 Å². The second-order valence-electron chi connectivity index (χ2n) is 15.5. The largest absolute Gasteiger partial charge is 0.381 e. The zero-order chi connectivity index (χ0) is 50.2. The van der Waals surface area contributed by atoms with Gasteiger partial charge in [-0.3, -0.25) is 0 Å². The van der Waals surface area contributed by atoms with Gasteiger partial charge in [0.2, 0.25) is 5.65 Å². The summed E-state index contributed by atoms with van der Waals surface area (Å²) >= 11 is 12.8. The summed E-state index contributed by atoms with van der Waals surface area (Å²) in [6.07, 6.45) is 14.7. The van der Waals surface area contributed by atoms with Crippen LogP contribution in [0.15, 0.2) is 129 Å². The molecule has 0 atom stereocenters. The van der Waals surface area contributed by atoms with Crippen molar-refractivity contribution in [3.05, 3.63) is 146 Å². The number of benzene rings is 3. The molecule has 10 rings (SSSR count). The van der Waals surface area contributed by atoms with Crippen LogP contribution in [0, 0.1) is 0 Å². The molecule has 0 aliphatic carbocycles. The highest BCUT2D eigenvalue weighted by Crippen LogP contribution is 2.20. The molecule has 0 fully saturated rings. The molecule has 3 aromatic carbocycles. The first-order valence-electron chi connectivity index (χ1n) is 21.3. The third-order valence-electron chi connectivity index (χ3n) is 10.1. The molecule has 360 valence electrons. The molecule has 7 heterocycles. The summed E-state index contributed by atoms with van der Waals surface area (Å²) in [5.74, 6) is 1.33. The summed E-state index contributed by atoms with van der Waals surface area (Å²) in [7, 11) is 2.15. The van der Waals surface area contributed by atoms with E-state index in [0.29, 0.717) is 78.9 Å². The molecular weight excluding hydrogens is 1150 g/mol. The third-order valence-corrected chi connectivity index (χ3v) is 11.8. The lowest BCUT2D eigenvalue weighted by molar-refractivity contribution is 0.222. The highest BCUT2D eigenvalue weighted by Gasteiger charge is 2.10. The molecule has 0 aliphatic rings. The molecule has 24 heteroatoms. The number of anilines is 3. The minimum Gasteiger partial charge on any atom is -0.381 e. The number of hydrogen-bond acceptors (Lipinski definition) is 19. The molecule has 20 nitrogen and oxygen atoms in total. The fourth-order valence-corrected chi connectivity index (χ4v) is 7.46. The zero-order valence-electron chi connectivity index (χ0n) is 38.6. The predicted octanol–water partition coefficient (Wildman–Crippen LogP) is 8.76. The first-order valence-corrected chi connectivity index (χ1v) is 24.5. The molecule has 0 radical (unpaired) electrons. The van der Waals surface area contributed by atoms with Crippen molar-refractivity contribution in [2.24, 2.45) is 5.73 Å². The van der Waals surface area contributed by atoms with E-state index in [9.17, 15) is 0 Å². The Labute approximate surface area is 436 Å². The van der Waals surface area contributed by atoms with Crippen molar-refractivity contribution >= 4 is 125 Å². The average molecular weight is 1200 g/mol. The quantitative estimate of drug-likeness (QED) is 0.111. The number of nitrogens with one attached hydrogen (secondary N) is 1. The minimum atomic E-state index is 0.373. The number of rotatable bonds is 8. The maximum Gasteiger partial charge on any atom is 0.221 e. The van der Waals surface area contributed by atoms with Gasteiger partial charge < -0.3 is 27.4 Å². The molecule has 10 aromatic rings. The molecule has 7 N–H and O–H groups in total. The lowest BCUT2D eigenvalue weighted by Gasteiger charge is -2.24. The topological polar surface area (TPSA) is 279 Å². The van der Waals surface area contributed by atoms with Crippen LogP contribution in [0.5, 0.6) is 0 Å². The van der Waals surface area contributed by atoms with Crippen LogP contribution in [0.3, 0.4) is 0 Å². The summed E-state index contributed by atoms with van der Waals surface area (Å²) in [6, 6.07) is 19.3. The van der Waals surface area contributed by atoms with Crippen molar-refractivity contribution in [3.63, 3.8) is 0 Å². The SMILES string of the molecule is Brc1cnc2nnn(Cc3ccc4ncncc4c3)c2n1.CC(C)N(C)C(C)C.NCc1ccc2ncncc2c1.Nc1ncc(Br)nc1Br.Nc1ncc(Br)nc1NCc1ccc2ncncc2c1. The summed E-state index contributed by atoms with van der Waals surface area (Å²) in [5.41, 5.74) is 23.9. The standard InChI is InChI=1S/C13H8BrN7.C13H11BrN6.C9H9N3.C7H17N.C4H3Br2N3/c14-11-5-16-12-13(18-11)21(20-19-12)6-8-1-2-10-9(3-8)4-15-7-17-10;14-11-6-17-12(15)13(20-11)18-4-8-1-2-10-9(3-8)5-16-7-19-10;10-4-7-1-2-9-8(3-7)5-11-6-12-9;1-6(2)8(5)7(3)4;5-2-1-8-4(7)3(6)9-2/h1-5,7H,6H2;1-3,5-7H,4H2,(H2,15,17)(H,18,20);1-3,5-6H,4,10H2;6-7H,1-5H3;1H,(H2,7,8). The fourth-order valence-electron chi connectivity index (χ4n) is 6.10. The molecule has 0 spiro atoms. The summed E-state index contributed by atoms with van der Waals surface area (Å²) in [5, 5.41) is 14.3. The van der Waals surface area contributed by atoms with Gasteiger partial charge in [0.1, 0.15) is 37.4 Å². The van der Waals surface area contributed by atoms with Crippen molar-refractivity contribution in [2.45, 2.75) is 59.4 Å². The number of fused-ring (bicyclic) bond motifs is 4. The van der Waals surface area contributed by atoms with Gasteiger partial charge in [0, 0.05) is 59.9 Å². The van der Waals surface area contributed by atoms with Crippen molar-refractivity contribution in [3.8, 4) is 0 Å². The lowest BCUT2D eigenvalue weighted by atomic mass is 10.1. The summed E-state index contributed by atoms with van der Waals surface area (Å²) < 4.78 is 4.25. The molecule has 0 saturated carbocycles. The van der Waals surface area contributed by atoms with Gasteiger partial charge in [-0.2, -0.15) is 0 Å². The highest BCUT2D eigenvalue weighted by atomic mass is 79.9.